The number of hydrogen-bond donors (Lipinski definition) is 0. The van der Waals surface area contributed by atoms with E-state index in [9.17, 15) is 22.8 Å². The summed E-state index contributed by atoms with van der Waals surface area (Å²) >= 11 is 0. The number of benzene rings is 3. The summed E-state index contributed by atoms with van der Waals surface area (Å²) in [6.45, 7) is 0. The van der Waals surface area contributed by atoms with E-state index in [1.54, 1.807) is 48.0 Å². The highest BCUT2D eigenvalue weighted by atomic mass is 19.4. The van der Waals surface area contributed by atoms with Crippen LogP contribution >= 0.6 is 0 Å². The number of aromatic nitrogens is 3. The van der Waals surface area contributed by atoms with Gasteiger partial charge >= 0.3 is 6.30 Å². The van der Waals surface area contributed by atoms with E-state index >= 15 is 0 Å². The lowest BCUT2D eigenvalue weighted by Gasteiger charge is -2.10. The summed E-state index contributed by atoms with van der Waals surface area (Å²) in [5, 5.41) is 1.54. The van der Waals surface area contributed by atoms with Crippen molar-refractivity contribution in [2.75, 3.05) is 0 Å². The predicted octanol–water partition coefficient (Wildman–Crippen LogP) is 6.13. The van der Waals surface area contributed by atoms with E-state index in [1.165, 1.54) is 6.07 Å². The molecule has 0 saturated carbocycles. The Morgan fingerprint density at radius 1 is 0.829 bits per heavy atom. The first-order valence-corrected chi connectivity index (χ1v) is 10.8. The van der Waals surface area contributed by atoms with Gasteiger partial charge in [-0.1, -0.05) is 54.6 Å². The molecule has 0 radical (unpaired) electrons. The van der Waals surface area contributed by atoms with Gasteiger partial charge in [0, 0.05) is 18.2 Å². The third-order valence-corrected chi connectivity index (χ3v) is 6.33. The van der Waals surface area contributed by atoms with E-state index < -0.39 is 23.7 Å². The zero-order valence-electron chi connectivity index (χ0n) is 18.3. The molecule has 0 fully saturated rings. The highest BCUT2D eigenvalue weighted by Gasteiger charge is 2.39. The minimum absolute atomic E-state index is 0.0918. The van der Waals surface area contributed by atoms with Crippen molar-refractivity contribution in [1.82, 2.24) is 14.1 Å². The second-order valence-corrected chi connectivity index (χ2v) is 8.40. The van der Waals surface area contributed by atoms with E-state index in [0.29, 0.717) is 5.69 Å². The second kappa shape index (κ2) is 7.27. The maximum atomic E-state index is 14.2. The number of halogens is 3. The lowest BCUT2D eigenvalue weighted by molar-refractivity contribution is -0.201. The molecule has 0 aliphatic heterocycles. The van der Waals surface area contributed by atoms with Crippen LogP contribution in [0.15, 0.2) is 78.4 Å². The Bertz CT molecular complexity index is 1670. The quantitative estimate of drug-likeness (QED) is 0.230. The molecule has 0 amide bonds. The number of nitrogens with zero attached hydrogens (tertiary/aromatic N) is 3. The minimum atomic E-state index is -4.82. The molecular weight excluding hydrogens is 455 g/mol. The van der Waals surface area contributed by atoms with Crippen LogP contribution in [0.25, 0.3) is 39.3 Å². The van der Waals surface area contributed by atoms with Crippen molar-refractivity contribution in [2.24, 2.45) is 7.05 Å². The first-order chi connectivity index (χ1) is 16.7. The van der Waals surface area contributed by atoms with Gasteiger partial charge in [-0.15, -0.1) is 13.2 Å². The van der Waals surface area contributed by atoms with Crippen LogP contribution in [0.5, 0.6) is 0 Å². The fourth-order valence-corrected chi connectivity index (χ4v) is 4.67. The van der Waals surface area contributed by atoms with Crippen LogP contribution in [-0.2, 0) is 13.3 Å². The lowest BCUT2D eigenvalue weighted by atomic mass is 10.0. The fraction of sp³-hybridized carbons (Fsp3) is 0.0741. The third kappa shape index (κ3) is 3.13. The molecule has 0 atom stereocenters. The average molecular weight is 471 g/mol. The van der Waals surface area contributed by atoms with Crippen molar-refractivity contribution in [2.45, 2.75) is 6.30 Å². The van der Waals surface area contributed by atoms with Gasteiger partial charge in [-0.2, -0.15) is 0 Å². The molecule has 0 saturated heterocycles. The lowest BCUT2D eigenvalue weighted by Crippen LogP contribution is -2.18. The van der Waals surface area contributed by atoms with E-state index in [0.717, 1.165) is 22.4 Å². The monoisotopic (exact) mass is 471 g/mol. The Balaban J connectivity index is 1.53. The van der Waals surface area contributed by atoms with E-state index in [1.807, 2.05) is 30.3 Å². The van der Waals surface area contributed by atoms with Crippen molar-refractivity contribution in [3.63, 3.8) is 0 Å². The van der Waals surface area contributed by atoms with Gasteiger partial charge in [-0.05, 0) is 40.6 Å². The smallest absolute Gasteiger partial charge is 0.327 e. The maximum Gasteiger partial charge on any atom is 0.490 e. The summed E-state index contributed by atoms with van der Waals surface area (Å²) < 4.78 is 44.2. The topological polar surface area (TPSA) is 56.9 Å². The highest BCUT2D eigenvalue weighted by Crippen LogP contribution is 2.36. The normalized spacial score (nSPS) is 13.8. The number of imidazole rings is 1. The number of carbonyl (C=O) groups is 2. The van der Waals surface area contributed by atoms with Crippen LogP contribution < -0.4 is 0 Å². The highest BCUT2D eigenvalue weighted by molar-refractivity contribution is 6.42. The van der Waals surface area contributed by atoms with Gasteiger partial charge in [0.25, 0.3) is 0 Å². The van der Waals surface area contributed by atoms with Crippen molar-refractivity contribution in [1.29, 1.82) is 0 Å². The van der Waals surface area contributed by atoms with E-state index in [2.05, 4.69) is 4.98 Å². The summed E-state index contributed by atoms with van der Waals surface area (Å²) in [6.07, 6.45) is -3.87. The minimum Gasteiger partial charge on any atom is -0.327 e. The standard InChI is InChI=1S/C27H16F3N3O2/c1-32-21(15-7-3-2-4-8-15)14-22-26(32)31-23(33(22)27(28,29)30)13-20-24(34)18-11-16-9-5-6-10-17(16)12-19(18)25(20)35/h2-14H,1H3. The number of ketones is 2. The van der Waals surface area contributed by atoms with Gasteiger partial charge in [-0.3, -0.25) is 9.59 Å². The van der Waals surface area contributed by atoms with Crippen LogP contribution in [0.1, 0.15) is 26.5 Å². The first-order valence-electron chi connectivity index (χ1n) is 10.8. The molecule has 5 aromatic rings. The van der Waals surface area contributed by atoms with Crippen LogP contribution in [0.2, 0.25) is 0 Å². The molecule has 2 heterocycles. The fourth-order valence-electron chi connectivity index (χ4n) is 4.67. The maximum absolute atomic E-state index is 14.2. The number of hydrogen-bond acceptors (Lipinski definition) is 3. The Hall–Kier alpha value is -4.46. The molecule has 172 valence electrons. The molecule has 0 unspecified atom stereocenters. The first kappa shape index (κ1) is 21.1. The summed E-state index contributed by atoms with van der Waals surface area (Å²) in [5.74, 6) is -1.74. The van der Waals surface area contributed by atoms with Crippen LogP contribution in [0.4, 0.5) is 13.2 Å². The molecular formula is C27H16F3N3O2. The molecule has 6 rings (SSSR count). The van der Waals surface area contributed by atoms with Gasteiger partial charge in [0.05, 0.1) is 16.8 Å². The molecule has 1 aliphatic rings. The number of fused-ring (bicyclic) bond motifs is 3. The summed E-state index contributed by atoms with van der Waals surface area (Å²) in [6, 6.07) is 20.9. The zero-order valence-corrected chi connectivity index (χ0v) is 18.3. The van der Waals surface area contributed by atoms with Crippen molar-refractivity contribution in [3.05, 3.63) is 95.3 Å². The van der Waals surface area contributed by atoms with E-state index in [4.69, 9.17) is 0 Å². The second-order valence-electron chi connectivity index (χ2n) is 8.40. The largest absolute Gasteiger partial charge is 0.490 e. The van der Waals surface area contributed by atoms with Gasteiger partial charge in [-0.25, -0.2) is 9.55 Å². The van der Waals surface area contributed by atoms with E-state index in [-0.39, 0.29) is 32.4 Å². The number of alkyl halides is 3. The molecule has 5 nitrogen and oxygen atoms in total. The number of rotatable bonds is 2. The van der Waals surface area contributed by atoms with Crippen LogP contribution in [-0.4, -0.2) is 25.7 Å². The zero-order chi connectivity index (χ0) is 24.5. The molecule has 0 N–H and O–H groups in total. The molecule has 2 aromatic heterocycles. The average Bonchev–Trinajstić information content (AvgIpc) is 3.43. The molecule has 0 bridgehead atoms. The summed E-state index contributed by atoms with van der Waals surface area (Å²) in [7, 11) is 1.63. The summed E-state index contributed by atoms with van der Waals surface area (Å²) in [4.78, 5) is 30.3. The molecule has 8 heteroatoms. The van der Waals surface area contributed by atoms with Crippen LogP contribution in [0.3, 0.4) is 0 Å². The summed E-state index contributed by atoms with van der Waals surface area (Å²) in [5.41, 5.74) is 1.26. The molecule has 0 spiro atoms. The van der Waals surface area contributed by atoms with Crippen molar-refractivity contribution >= 4 is 39.6 Å². The van der Waals surface area contributed by atoms with Gasteiger partial charge in [0.15, 0.2) is 17.2 Å². The molecule has 1 aliphatic carbocycles. The Morgan fingerprint density at radius 2 is 1.40 bits per heavy atom. The predicted molar refractivity (Wildman–Crippen MR) is 126 cm³/mol. The Kier molecular flexibility index (Phi) is 4.38. The van der Waals surface area contributed by atoms with Gasteiger partial charge < -0.3 is 4.57 Å². The number of allylic oxidation sites excluding steroid dienone is 1. The van der Waals surface area contributed by atoms with Gasteiger partial charge in [0.2, 0.25) is 0 Å². The van der Waals surface area contributed by atoms with Crippen molar-refractivity contribution in [3.8, 4) is 11.3 Å². The number of Topliss-reactive ketones (excluding diaryl/α,β-unsaturated/α-hetero) is 2. The third-order valence-electron chi connectivity index (χ3n) is 6.33. The number of aryl methyl sites for hydroxylation is 1. The number of carbonyl (C=O) groups excluding carboxylic acids is 2. The Labute approximate surface area is 196 Å². The molecule has 35 heavy (non-hydrogen) atoms. The Morgan fingerprint density at radius 3 is 1.97 bits per heavy atom. The van der Waals surface area contributed by atoms with Crippen molar-refractivity contribution < 1.29 is 22.8 Å². The van der Waals surface area contributed by atoms with Gasteiger partial charge in [0.1, 0.15) is 5.82 Å². The SMILES string of the molecule is Cn1c(-c2ccccc2)cc2c1nc(C=C1C(=O)c3cc4ccccc4cc3C1=O)n2C(F)(F)F. The molecule has 3 aromatic carbocycles. The van der Waals surface area contributed by atoms with Crippen LogP contribution in [0, 0.1) is 0 Å².